The molecule has 0 N–H and O–H groups in total. The largest absolute Gasteiger partial charge is 0.472 e. The molecule has 5 nitrogen and oxygen atoms in total. The highest BCUT2D eigenvalue weighted by atomic mass is 16.5. The van der Waals surface area contributed by atoms with Crippen molar-refractivity contribution in [2.75, 3.05) is 26.3 Å². The third-order valence-electron chi connectivity index (χ3n) is 3.61. The Hall–Kier alpha value is -1.62. The number of ether oxygens (including phenoxy) is 2. The first kappa shape index (κ1) is 15.8. The Balaban J connectivity index is 2.02. The molecule has 0 bridgehead atoms. The number of hydrogen-bond acceptors (Lipinski definition) is 4. The fourth-order valence-corrected chi connectivity index (χ4v) is 2.32. The van der Waals surface area contributed by atoms with Crippen molar-refractivity contribution in [2.45, 2.75) is 39.2 Å². The second-order valence-electron chi connectivity index (χ2n) is 5.22. The second-order valence-corrected chi connectivity index (χ2v) is 5.22. The lowest BCUT2D eigenvalue weighted by molar-refractivity contribution is 0.0761. The molecule has 1 aliphatic rings. The molecule has 0 saturated carbocycles. The van der Waals surface area contributed by atoms with Gasteiger partial charge in [-0.1, -0.05) is 13.3 Å². The summed E-state index contributed by atoms with van der Waals surface area (Å²) < 4.78 is 11.0. The van der Waals surface area contributed by atoms with Crippen LogP contribution in [0, 0.1) is 0 Å². The van der Waals surface area contributed by atoms with Crippen LogP contribution in [-0.4, -0.2) is 48.2 Å². The van der Waals surface area contributed by atoms with Crippen LogP contribution in [0.1, 0.15) is 43.5 Å². The van der Waals surface area contributed by atoms with Gasteiger partial charge in [0.15, 0.2) is 0 Å². The second kappa shape index (κ2) is 7.98. The van der Waals surface area contributed by atoms with Gasteiger partial charge in [-0.3, -0.25) is 4.79 Å². The summed E-state index contributed by atoms with van der Waals surface area (Å²) in [6.45, 7) is 6.96. The van der Waals surface area contributed by atoms with Crippen LogP contribution in [0.3, 0.4) is 0 Å². The van der Waals surface area contributed by atoms with Crippen molar-refractivity contribution in [2.24, 2.45) is 0 Å². The van der Waals surface area contributed by atoms with E-state index in [1.54, 1.807) is 18.3 Å². The van der Waals surface area contributed by atoms with Gasteiger partial charge in [-0.25, -0.2) is 4.98 Å². The van der Waals surface area contributed by atoms with Crippen LogP contribution >= 0.6 is 0 Å². The van der Waals surface area contributed by atoms with E-state index in [0.717, 1.165) is 32.4 Å². The molecule has 2 heterocycles. The highest BCUT2D eigenvalue weighted by Crippen LogP contribution is 2.17. The van der Waals surface area contributed by atoms with E-state index >= 15 is 0 Å². The molecule has 21 heavy (non-hydrogen) atoms. The highest BCUT2D eigenvalue weighted by Gasteiger charge is 2.19. The number of pyridine rings is 1. The summed E-state index contributed by atoms with van der Waals surface area (Å²) in [5, 5.41) is 0. The zero-order valence-corrected chi connectivity index (χ0v) is 12.9. The Morgan fingerprint density at radius 3 is 3.05 bits per heavy atom. The summed E-state index contributed by atoms with van der Waals surface area (Å²) in [4.78, 5) is 18.5. The van der Waals surface area contributed by atoms with Gasteiger partial charge in [-0.05, 0) is 19.4 Å². The third-order valence-corrected chi connectivity index (χ3v) is 3.61. The van der Waals surface area contributed by atoms with Crippen molar-refractivity contribution in [3.8, 4) is 5.88 Å². The monoisotopic (exact) mass is 292 g/mol. The minimum atomic E-state index is 0.0425. The fraction of sp³-hybridized carbons (Fsp3) is 0.625. The fourth-order valence-electron chi connectivity index (χ4n) is 2.32. The molecule has 1 aromatic heterocycles. The first-order chi connectivity index (χ1) is 10.2. The van der Waals surface area contributed by atoms with Crippen LogP contribution in [0.15, 0.2) is 18.3 Å². The Morgan fingerprint density at radius 2 is 2.38 bits per heavy atom. The molecular formula is C16H24N2O3. The van der Waals surface area contributed by atoms with Crippen LogP contribution in [0.5, 0.6) is 5.88 Å². The average Bonchev–Trinajstić information content (AvgIpc) is 3.01. The molecule has 1 aromatic rings. The van der Waals surface area contributed by atoms with Crippen LogP contribution in [0.4, 0.5) is 0 Å². The minimum Gasteiger partial charge on any atom is -0.472 e. The number of aromatic nitrogens is 1. The third kappa shape index (κ3) is 4.43. The Kier molecular flexibility index (Phi) is 5.99. The summed E-state index contributed by atoms with van der Waals surface area (Å²) in [5.74, 6) is 0.545. The molecule has 1 amide bonds. The summed E-state index contributed by atoms with van der Waals surface area (Å²) in [7, 11) is 0. The lowest BCUT2D eigenvalue weighted by Gasteiger charge is -2.21. The lowest BCUT2D eigenvalue weighted by Crippen LogP contribution is -2.31. The van der Waals surface area contributed by atoms with Gasteiger partial charge in [0.05, 0.1) is 13.2 Å². The summed E-state index contributed by atoms with van der Waals surface area (Å²) in [5.41, 5.74) is 0.636. The summed E-state index contributed by atoms with van der Waals surface area (Å²) in [6, 6.07) is 3.48. The molecule has 1 fully saturated rings. The van der Waals surface area contributed by atoms with Gasteiger partial charge in [-0.2, -0.15) is 0 Å². The van der Waals surface area contributed by atoms with Gasteiger partial charge in [0.1, 0.15) is 6.10 Å². The van der Waals surface area contributed by atoms with E-state index < -0.39 is 0 Å². The SMILES string of the molecule is CCCCN(CC)C(=O)c1ccnc(OC2CCOC2)c1. The zero-order valence-electron chi connectivity index (χ0n) is 12.9. The Labute approximate surface area is 126 Å². The van der Waals surface area contributed by atoms with Crippen molar-refractivity contribution in [1.82, 2.24) is 9.88 Å². The van der Waals surface area contributed by atoms with E-state index in [1.807, 2.05) is 11.8 Å². The van der Waals surface area contributed by atoms with Crippen LogP contribution in [0.2, 0.25) is 0 Å². The molecule has 1 unspecified atom stereocenters. The molecule has 1 atom stereocenters. The molecule has 0 spiro atoms. The Morgan fingerprint density at radius 1 is 1.52 bits per heavy atom. The first-order valence-electron chi connectivity index (χ1n) is 7.74. The van der Waals surface area contributed by atoms with E-state index in [4.69, 9.17) is 9.47 Å². The van der Waals surface area contributed by atoms with Crippen molar-refractivity contribution in [3.63, 3.8) is 0 Å². The smallest absolute Gasteiger partial charge is 0.254 e. The zero-order chi connectivity index (χ0) is 15.1. The lowest BCUT2D eigenvalue weighted by atomic mass is 10.2. The minimum absolute atomic E-state index is 0.0425. The number of amides is 1. The molecule has 0 aromatic carbocycles. The summed E-state index contributed by atoms with van der Waals surface area (Å²) in [6.07, 6.45) is 4.65. The molecule has 1 saturated heterocycles. The quantitative estimate of drug-likeness (QED) is 0.775. The number of rotatable bonds is 7. The van der Waals surface area contributed by atoms with Crippen LogP contribution in [-0.2, 0) is 4.74 Å². The first-order valence-corrected chi connectivity index (χ1v) is 7.74. The van der Waals surface area contributed by atoms with Crippen molar-refractivity contribution in [1.29, 1.82) is 0 Å². The topological polar surface area (TPSA) is 51.7 Å². The van der Waals surface area contributed by atoms with Gasteiger partial charge in [0.25, 0.3) is 5.91 Å². The number of nitrogens with zero attached hydrogens (tertiary/aromatic N) is 2. The van der Waals surface area contributed by atoms with Crippen molar-refractivity contribution < 1.29 is 14.3 Å². The van der Waals surface area contributed by atoms with Gasteiger partial charge in [0, 0.05) is 37.3 Å². The van der Waals surface area contributed by atoms with Crippen LogP contribution < -0.4 is 4.74 Å². The van der Waals surface area contributed by atoms with Gasteiger partial charge < -0.3 is 14.4 Å². The molecule has 0 aliphatic carbocycles. The molecule has 1 aliphatic heterocycles. The number of carbonyl (C=O) groups excluding carboxylic acids is 1. The summed E-state index contributed by atoms with van der Waals surface area (Å²) >= 11 is 0. The number of hydrogen-bond donors (Lipinski definition) is 0. The standard InChI is InChI=1S/C16H24N2O3/c1-3-5-9-18(4-2)16(19)13-6-8-17-15(11-13)21-14-7-10-20-12-14/h6,8,11,14H,3-5,7,9-10,12H2,1-2H3. The maximum Gasteiger partial charge on any atom is 0.254 e. The highest BCUT2D eigenvalue weighted by molar-refractivity contribution is 5.94. The van der Waals surface area contributed by atoms with E-state index in [2.05, 4.69) is 11.9 Å². The molecule has 2 rings (SSSR count). The predicted octanol–water partition coefficient (Wildman–Crippen LogP) is 2.51. The van der Waals surface area contributed by atoms with Gasteiger partial charge in [0.2, 0.25) is 5.88 Å². The van der Waals surface area contributed by atoms with Crippen molar-refractivity contribution >= 4 is 5.91 Å². The number of carbonyl (C=O) groups is 1. The average molecular weight is 292 g/mol. The molecule has 0 radical (unpaired) electrons. The molecule has 5 heteroatoms. The van der Waals surface area contributed by atoms with Crippen molar-refractivity contribution in [3.05, 3.63) is 23.9 Å². The molecule has 116 valence electrons. The maximum absolute atomic E-state index is 12.5. The Bertz CT molecular complexity index is 459. The van der Waals surface area contributed by atoms with Gasteiger partial charge >= 0.3 is 0 Å². The maximum atomic E-state index is 12.5. The molecular weight excluding hydrogens is 268 g/mol. The van der Waals surface area contributed by atoms with Crippen LogP contribution in [0.25, 0.3) is 0 Å². The number of unbranched alkanes of at least 4 members (excludes halogenated alkanes) is 1. The predicted molar refractivity (Wildman–Crippen MR) is 80.6 cm³/mol. The van der Waals surface area contributed by atoms with E-state index in [-0.39, 0.29) is 12.0 Å². The normalized spacial score (nSPS) is 17.7. The van der Waals surface area contributed by atoms with E-state index in [1.165, 1.54) is 0 Å². The van der Waals surface area contributed by atoms with E-state index in [9.17, 15) is 4.79 Å². The van der Waals surface area contributed by atoms with Gasteiger partial charge in [-0.15, -0.1) is 0 Å². The van der Waals surface area contributed by atoms with E-state index in [0.29, 0.717) is 24.6 Å².